The summed E-state index contributed by atoms with van der Waals surface area (Å²) in [5, 5.41) is 22.3. The number of ether oxygens (including phenoxy) is 2. The molecule has 0 radical (unpaired) electrons. The lowest BCUT2D eigenvalue weighted by atomic mass is 10.1. The number of nitro benzene ring substituents is 2. The van der Waals surface area contributed by atoms with Crippen LogP contribution >= 0.6 is 0 Å². The zero-order chi connectivity index (χ0) is 18.8. The lowest BCUT2D eigenvalue weighted by Gasteiger charge is -2.29. The molecule has 134 valence electrons. The molecule has 0 N–H and O–H groups in total. The highest BCUT2D eigenvalue weighted by atomic mass is 16.6. The van der Waals surface area contributed by atoms with Crippen LogP contribution in [0.15, 0.2) is 36.4 Å². The fourth-order valence-corrected chi connectivity index (χ4v) is 2.65. The number of carbonyl (C=O) groups excluding carboxylic acids is 1. The molecule has 0 bridgehead atoms. The molecule has 0 unspecified atom stereocenters. The van der Waals surface area contributed by atoms with Crippen LogP contribution in [0.1, 0.15) is 10.4 Å². The van der Waals surface area contributed by atoms with E-state index in [1.807, 2.05) is 0 Å². The quantitative estimate of drug-likeness (QED) is 0.606. The summed E-state index contributed by atoms with van der Waals surface area (Å²) in [5.74, 6) is -0.0899. The molecule has 2 aromatic carbocycles. The summed E-state index contributed by atoms with van der Waals surface area (Å²) < 4.78 is 10.5. The third-order valence-corrected chi connectivity index (χ3v) is 3.89. The van der Waals surface area contributed by atoms with E-state index in [1.165, 1.54) is 48.4 Å². The largest absolute Gasteiger partial charge is 0.497 e. The van der Waals surface area contributed by atoms with Crippen LogP contribution in [0.25, 0.3) is 0 Å². The van der Waals surface area contributed by atoms with E-state index in [0.717, 1.165) is 0 Å². The highest BCUT2D eigenvalue weighted by Gasteiger charge is 2.31. The van der Waals surface area contributed by atoms with Gasteiger partial charge < -0.3 is 14.4 Å². The number of carbonyl (C=O) groups is 1. The molecule has 0 fully saturated rings. The number of non-ortho nitro benzene ring substituents is 1. The van der Waals surface area contributed by atoms with Gasteiger partial charge in [-0.25, -0.2) is 0 Å². The third-order valence-electron chi connectivity index (χ3n) is 3.89. The first-order valence-electron chi connectivity index (χ1n) is 7.48. The molecule has 2 aromatic rings. The third kappa shape index (κ3) is 2.99. The summed E-state index contributed by atoms with van der Waals surface area (Å²) in [6.07, 6.45) is 0. The monoisotopic (exact) mass is 359 g/mol. The molecule has 10 heteroatoms. The lowest BCUT2D eigenvalue weighted by Crippen LogP contribution is -2.38. The van der Waals surface area contributed by atoms with Crippen molar-refractivity contribution < 1.29 is 24.1 Å². The van der Waals surface area contributed by atoms with Crippen molar-refractivity contribution in [2.24, 2.45) is 0 Å². The van der Waals surface area contributed by atoms with Crippen molar-refractivity contribution in [2.75, 3.05) is 25.2 Å². The van der Waals surface area contributed by atoms with E-state index in [1.54, 1.807) is 0 Å². The van der Waals surface area contributed by atoms with E-state index in [4.69, 9.17) is 9.47 Å². The summed E-state index contributed by atoms with van der Waals surface area (Å²) in [4.78, 5) is 35.2. The Kier molecular flexibility index (Phi) is 4.40. The number of methoxy groups -OCH3 is 1. The van der Waals surface area contributed by atoms with Crippen LogP contribution in [0.5, 0.6) is 11.5 Å². The van der Waals surface area contributed by atoms with E-state index < -0.39 is 15.8 Å². The predicted octanol–water partition coefficient (Wildman–Crippen LogP) is 2.55. The van der Waals surface area contributed by atoms with Crippen molar-refractivity contribution >= 4 is 23.0 Å². The van der Waals surface area contributed by atoms with Crippen LogP contribution in [0, 0.1) is 20.2 Å². The van der Waals surface area contributed by atoms with E-state index >= 15 is 0 Å². The molecule has 0 aliphatic carbocycles. The number of amides is 1. The topological polar surface area (TPSA) is 125 Å². The number of benzene rings is 2. The number of nitrogens with zero attached hydrogens (tertiary/aromatic N) is 3. The molecule has 0 atom stereocenters. The molecule has 1 amide bonds. The van der Waals surface area contributed by atoms with Gasteiger partial charge >= 0.3 is 0 Å². The van der Waals surface area contributed by atoms with Crippen molar-refractivity contribution in [3.8, 4) is 11.5 Å². The second-order valence-corrected chi connectivity index (χ2v) is 5.35. The first-order chi connectivity index (χ1) is 12.4. The molecule has 0 saturated heterocycles. The van der Waals surface area contributed by atoms with Gasteiger partial charge in [0, 0.05) is 18.2 Å². The van der Waals surface area contributed by atoms with Crippen molar-refractivity contribution in [1.29, 1.82) is 0 Å². The molecular formula is C16H13N3O7. The van der Waals surface area contributed by atoms with Gasteiger partial charge in [-0.3, -0.25) is 25.0 Å². The fourth-order valence-electron chi connectivity index (χ4n) is 2.65. The summed E-state index contributed by atoms with van der Waals surface area (Å²) in [6, 6.07) is 7.70. The lowest BCUT2D eigenvalue weighted by molar-refractivity contribution is -0.385. The summed E-state index contributed by atoms with van der Waals surface area (Å²) >= 11 is 0. The van der Waals surface area contributed by atoms with Gasteiger partial charge in [-0.15, -0.1) is 0 Å². The Bertz CT molecular complexity index is 913. The van der Waals surface area contributed by atoms with E-state index in [0.29, 0.717) is 5.75 Å². The highest BCUT2D eigenvalue weighted by Crippen LogP contribution is 2.37. The second kappa shape index (κ2) is 6.67. The summed E-state index contributed by atoms with van der Waals surface area (Å²) in [7, 11) is 1.38. The summed E-state index contributed by atoms with van der Waals surface area (Å²) in [6.45, 7) is 0.260. The van der Waals surface area contributed by atoms with Gasteiger partial charge in [0.05, 0.1) is 29.2 Å². The minimum atomic E-state index is -0.666. The zero-order valence-electron chi connectivity index (χ0n) is 13.6. The minimum absolute atomic E-state index is 0.0986. The van der Waals surface area contributed by atoms with E-state index in [2.05, 4.69) is 0 Å². The Balaban J connectivity index is 2.09. The molecule has 1 heterocycles. The first kappa shape index (κ1) is 17.1. The summed E-state index contributed by atoms with van der Waals surface area (Å²) in [5.41, 5.74) is -0.581. The number of anilines is 1. The highest BCUT2D eigenvalue weighted by molar-refractivity contribution is 6.10. The van der Waals surface area contributed by atoms with Crippen molar-refractivity contribution in [1.82, 2.24) is 0 Å². The van der Waals surface area contributed by atoms with Gasteiger partial charge in [-0.05, 0) is 18.2 Å². The molecule has 0 spiro atoms. The zero-order valence-corrected chi connectivity index (χ0v) is 13.6. The molecule has 10 nitrogen and oxygen atoms in total. The number of fused-ring (bicyclic) bond motifs is 1. The Morgan fingerprint density at radius 2 is 1.92 bits per heavy atom. The maximum Gasteiger partial charge on any atom is 0.282 e. The predicted molar refractivity (Wildman–Crippen MR) is 89.9 cm³/mol. The molecule has 0 saturated carbocycles. The Hall–Kier alpha value is -3.69. The normalized spacial score (nSPS) is 12.7. The van der Waals surface area contributed by atoms with Crippen molar-refractivity contribution in [2.45, 2.75) is 0 Å². The number of nitro groups is 2. The van der Waals surface area contributed by atoms with Crippen LogP contribution < -0.4 is 14.4 Å². The molecule has 0 aromatic heterocycles. The minimum Gasteiger partial charge on any atom is -0.497 e. The van der Waals surface area contributed by atoms with Crippen molar-refractivity contribution in [3.63, 3.8) is 0 Å². The van der Waals surface area contributed by atoms with Gasteiger partial charge in [-0.2, -0.15) is 0 Å². The number of rotatable bonds is 4. The molecular weight excluding hydrogens is 346 g/mol. The van der Waals surface area contributed by atoms with Gasteiger partial charge in [0.15, 0.2) is 0 Å². The van der Waals surface area contributed by atoms with Crippen LogP contribution in [-0.2, 0) is 0 Å². The van der Waals surface area contributed by atoms with Gasteiger partial charge in [0.25, 0.3) is 17.3 Å². The van der Waals surface area contributed by atoms with E-state index in [9.17, 15) is 25.0 Å². The standard InChI is InChI=1S/C16H13N3O7/c1-25-11-3-4-13(19(23)24)12(9-11)16(20)17-6-7-26-15-5-2-10(18(21)22)8-14(15)17/h2-5,8-9H,6-7H2,1H3. The maximum atomic E-state index is 13.0. The second-order valence-electron chi connectivity index (χ2n) is 5.35. The van der Waals surface area contributed by atoms with Crippen LogP contribution in [0.2, 0.25) is 0 Å². The SMILES string of the molecule is COc1ccc([N+](=O)[O-])c(C(=O)N2CCOc3ccc([N+](=O)[O-])cc32)c1. The molecule has 26 heavy (non-hydrogen) atoms. The average Bonchev–Trinajstić information content (AvgIpc) is 2.65. The fraction of sp³-hybridized carbons (Fsp3) is 0.188. The smallest absolute Gasteiger partial charge is 0.282 e. The molecule has 3 rings (SSSR count). The van der Waals surface area contributed by atoms with Gasteiger partial charge in [-0.1, -0.05) is 0 Å². The first-order valence-corrected chi connectivity index (χ1v) is 7.48. The van der Waals surface area contributed by atoms with Gasteiger partial charge in [0.1, 0.15) is 23.7 Å². The molecule has 1 aliphatic heterocycles. The van der Waals surface area contributed by atoms with Gasteiger partial charge in [0.2, 0.25) is 0 Å². The number of hydrogen-bond donors (Lipinski definition) is 0. The molecule has 1 aliphatic rings. The van der Waals surface area contributed by atoms with Crippen LogP contribution in [-0.4, -0.2) is 36.0 Å². The average molecular weight is 359 g/mol. The van der Waals surface area contributed by atoms with Crippen molar-refractivity contribution in [3.05, 3.63) is 62.2 Å². The van der Waals surface area contributed by atoms with Crippen LogP contribution in [0.4, 0.5) is 17.1 Å². The maximum absolute atomic E-state index is 13.0. The van der Waals surface area contributed by atoms with Crippen LogP contribution in [0.3, 0.4) is 0 Å². The Morgan fingerprint density at radius 1 is 1.15 bits per heavy atom. The Labute approximate surface area is 146 Å². The van der Waals surface area contributed by atoms with E-state index in [-0.39, 0.29) is 41.5 Å². The number of hydrogen-bond acceptors (Lipinski definition) is 7. The Morgan fingerprint density at radius 3 is 2.58 bits per heavy atom.